The van der Waals surface area contributed by atoms with Gasteiger partial charge in [0.05, 0.1) is 41.5 Å². The Labute approximate surface area is 199 Å². The van der Waals surface area contributed by atoms with Crippen molar-refractivity contribution in [2.75, 3.05) is 6.61 Å². The normalized spacial score (nSPS) is 11.5. The number of benzene rings is 3. The fourth-order valence-electron chi connectivity index (χ4n) is 3.63. The minimum absolute atomic E-state index is 0.0801. The van der Waals surface area contributed by atoms with Gasteiger partial charge in [0, 0.05) is 20.8 Å². The zero-order chi connectivity index (χ0) is 23.6. The van der Waals surface area contributed by atoms with Gasteiger partial charge in [0.1, 0.15) is 0 Å². The summed E-state index contributed by atoms with van der Waals surface area (Å²) in [7, 11) is 0. The molecule has 0 fully saturated rings. The lowest BCUT2D eigenvalue weighted by atomic mass is 10.0. The molecule has 0 atom stereocenters. The summed E-state index contributed by atoms with van der Waals surface area (Å²) >= 11 is 3.45. The van der Waals surface area contributed by atoms with E-state index in [4.69, 9.17) is 10.00 Å². The van der Waals surface area contributed by atoms with Crippen LogP contribution < -0.4 is 10.7 Å². The average molecular weight is 504 g/mol. The number of fused-ring (bicyclic) bond motifs is 2. The molecule has 2 N–H and O–H groups in total. The lowest BCUT2D eigenvalue weighted by Crippen LogP contribution is -2.47. The quantitative estimate of drug-likeness (QED) is 0.360. The second-order valence-corrected chi connectivity index (χ2v) is 9.37. The van der Waals surface area contributed by atoms with E-state index in [1.54, 1.807) is 30.3 Å². The number of ether oxygens (including phenoxy) is 1. The van der Waals surface area contributed by atoms with Gasteiger partial charge in [0.2, 0.25) is 0 Å². The number of carbonyl (C=O) groups is 1. The van der Waals surface area contributed by atoms with Gasteiger partial charge in [-0.15, -0.1) is 0 Å². The van der Waals surface area contributed by atoms with Gasteiger partial charge >= 0.3 is 0 Å². The monoisotopic (exact) mass is 503 g/mol. The predicted octanol–water partition coefficient (Wildman–Crippen LogP) is 5.04. The molecule has 1 heterocycles. The van der Waals surface area contributed by atoms with E-state index in [0.29, 0.717) is 45.1 Å². The zero-order valence-electron chi connectivity index (χ0n) is 18.2. The molecular formula is C26H22BrN3O3. The highest BCUT2D eigenvalue weighted by Crippen LogP contribution is 2.24. The van der Waals surface area contributed by atoms with Gasteiger partial charge in [-0.25, -0.2) is 0 Å². The first-order valence-corrected chi connectivity index (χ1v) is 11.2. The average Bonchev–Trinajstić information content (AvgIpc) is 2.79. The van der Waals surface area contributed by atoms with Crippen molar-refractivity contribution in [2.45, 2.75) is 26.0 Å². The van der Waals surface area contributed by atoms with E-state index in [1.807, 2.05) is 44.2 Å². The molecule has 166 valence electrons. The Bertz CT molecular complexity index is 1450. The first kappa shape index (κ1) is 22.7. The SMILES string of the molecule is CC(C)(COCc1ccc(C#N)cc1)NC(=O)c1cc2[nH]c3ccccc3c(=O)c2cc1Br. The van der Waals surface area contributed by atoms with E-state index in [9.17, 15) is 9.59 Å². The van der Waals surface area contributed by atoms with Crippen molar-refractivity contribution in [1.29, 1.82) is 5.26 Å². The van der Waals surface area contributed by atoms with Crippen LogP contribution in [-0.2, 0) is 11.3 Å². The topological polar surface area (TPSA) is 95.0 Å². The number of aromatic nitrogens is 1. The number of hydrogen-bond acceptors (Lipinski definition) is 4. The van der Waals surface area contributed by atoms with Gasteiger partial charge in [-0.1, -0.05) is 24.3 Å². The molecule has 4 rings (SSSR count). The van der Waals surface area contributed by atoms with Gasteiger partial charge in [0.25, 0.3) is 5.91 Å². The molecule has 3 aromatic carbocycles. The Hall–Kier alpha value is -3.47. The summed E-state index contributed by atoms with van der Waals surface area (Å²) < 4.78 is 6.35. The predicted molar refractivity (Wildman–Crippen MR) is 132 cm³/mol. The number of H-pyrrole nitrogens is 1. The summed E-state index contributed by atoms with van der Waals surface area (Å²) in [6.07, 6.45) is 0. The molecule has 0 saturated carbocycles. The fourth-order valence-corrected chi connectivity index (χ4v) is 4.15. The number of amides is 1. The molecule has 0 aliphatic carbocycles. The third kappa shape index (κ3) is 4.98. The van der Waals surface area contributed by atoms with Gasteiger partial charge in [0.15, 0.2) is 5.43 Å². The number of halogens is 1. The van der Waals surface area contributed by atoms with Crippen LogP contribution in [0.4, 0.5) is 0 Å². The van der Waals surface area contributed by atoms with Crippen molar-refractivity contribution in [2.24, 2.45) is 0 Å². The Morgan fingerprint density at radius 1 is 1.09 bits per heavy atom. The number of pyridine rings is 1. The van der Waals surface area contributed by atoms with E-state index < -0.39 is 5.54 Å². The summed E-state index contributed by atoms with van der Waals surface area (Å²) in [6, 6.07) is 20.0. The number of aromatic amines is 1. The number of hydrogen-bond donors (Lipinski definition) is 2. The summed E-state index contributed by atoms with van der Waals surface area (Å²) in [6.45, 7) is 4.44. The molecule has 0 radical (unpaired) electrons. The molecular weight excluding hydrogens is 482 g/mol. The Balaban J connectivity index is 1.50. The fraction of sp³-hybridized carbons (Fsp3) is 0.192. The van der Waals surface area contributed by atoms with Crippen molar-refractivity contribution in [1.82, 2.24) is 10.3 Å². The second kappa shape index (κ2) is 9.18. The smallest absolute Gasteiger partial charge is 0.252 e. The number of carbonyl (C=O) groups excluding carboxylic acids is 1. The molecule has 0 aliphatic rings. The van der Waals surface area contributed by atoms with Crippen molar-refractivity contribution in [3.63, 3.8) is 0 Å². The van der Waals surface area contributed by atoms with Crippen molar-refractivity contribution in [3.8, 4) is 6.07 Å². The summed E-state index contributed by atoms with van der Waals surface area (Å²) in [5.41, 5.74) is 2.58. The van der Waals surface area contributed by atoms with Crippen LogP contribution in [-0.4, -0.2) is 23.0 Å². The number of para-hydroxylation sites is 1. The number of nitrogens with zero attached hydrogens (tertiary/aromatic N) is 1. The van der Waals surface area contributed by atoms with E-state index in [-0.39, 0.29) is 11.3 Å². The number of nitrogens with one attached hydrogen (secondary N) is 2. The van der Waals surface area contributed by atoms with Crippen LogP contribution in [0.5, 0.6) is 0 Å². The molecule has 0 saturated heterocycles. The summed E-state index contributed by atoms with van der Waals surface area (Å²) in [5, 5.41) is 13.0. The van der Waals surface area contributed by atoms with Crippen LogP contribution in [0.15, 0.2) is 69.9 Å². The van der Waals surface area contributed by atoms with Crippen LogP contribution >= 0.6 is 15.9 Å². The van der Waals surface area contributed by atoms with Gasteiger partial charge < -0.3 is 15.0 Å². The molecule has 33 heavy (non-hydrogen) atoms. The van der Waals surface area contributed by atoms with Gasteiger partial charge in [-0.2, -0.15) is 5.26 Å². The van der Waals surface area contributed by atoms with Crippen LogP contribution in [0.2, 0.25) is 0 Å². The highest BCUT2D eigenvalue weighted by atomic mass is 79.9. The molecule has 0 aliphatic heterocycles. The summed E-state index contributed by atoms with van der Waals surface area (Å²) in [4.78, 5) is 29.2. The van der Waals surface area contributed by atoms with E-state index in [2.05, 4.69) is 32.3 Å². The lowest BCUT2D eigenvalue weighted by molar-refractivity contribution is 0.0616. The molecule has 6 nitrogen and oxygen atoms in total. The zero-order valence-corrected chi connectivity index (χ0v) is 19.8. The van der Waals surface area contributed by atoms with Gasteiger partial charge in [-0.3, -0.25) is 9.59 Å². The third-order valence-electron chi connectivity index (χ3n) is 5.30. The summed E-state index contributed by atoms with van der Waals surface area (Å²) in [5.74, 6) is -0.273. The maximum Gasteiger partial charge on any atom is 0.252 e. The van der Waals surface area contributed by atoms with Crippen molar-refractivity contribution < 1.29 is 9.53 Å². The van der Waals surface area contributed by atoms with Crippen LogP contribution in [0.25, 0.3) is 21.8 Å². The molecule has 4 aromatic rings. The third-order valence-corrected chi connectivity index (χ3v) is 5.96. The van der Waals surface area contributed by atoms with E-state index >= 15 is 0 Å². The van der Waals surface area contributed by atoms with Crippen LogP contribution in [0, 0.1) is 11.3 Å². The molecule has 1 amide bonds. The van der Waals surface area contributed by atoms with Gasteiger partial charge in [-0.05, 0) is 71.7 Å². The first-order valence-electron chi connectivity index (χ1n) is 10.4. The molecule has 7 heteroatoms. The van der Waals surface area contributed by atoms with Crippen LogP contribution in [0.3, 0.4) is 0 Å². The Kier molecular flexibility index (Phi) is 6.32. The highest BCUT2D eigenvalue weighted by Gasteiger charge is 2.23. The van der Waals surface area contributed by atoms with Crippen LogP contribution in [0.1, 0.15) is 35.3 Å². The highest BCUT2D eigenvalue weighted by molar-refractivity contribution is 9.10. The Morgan fingerprint density at radius 3 is 2.55 bits per heavy atom. The number of nitriles is 1. The van der Waals surface area contributed by atoms with E-state index in [0.717, 1.165) is 11.1 Å². The maximum atomic E-state index is 13.1. The van der Waals surface area contributed by atoms with Crippen molar-refractivity contribution in [3.05, 3.63) is 92.1 Å². The molecule has 0 bridgehead atoms. The Morgan fingerprint density at radius 2 is 1.82 bits per heavy atom. The van der Waals surface area contributed by atoms with Crippen molar-refractivity contribution >= 4 is 43.6 Å². The minimum Gasteiger partial charge on any atom is -0.374 e. The molecule has 1 aromatic heterocycles. The molecule has 0 spiro atoms. The standard InChI is InChI=1S/C26H22BrN3O3/c1-26(2,15-33-14-17-9-7-16(13-28)8-10-17)30-25(32)19-12-23-20(11-21(19)27)24(31)18-5-3-4-6-22(18)29-23/h3-12H,14-15H2,1-2H3,(H,29,31)(H,30,32). The first-order chi connectivity index (χ1) is 15.8. The minimum atomic E-state index is -0.630. The second-order valence-electron chi connectivity index (χ2n) is 8.52. The molecule has 0 unspecified atom stereocenters. The maximum absolute atomic E-state index is 13.1. The number of rotatable bonds is 6. The lowest BCUT2D eigenvalue weighted by Gasteiger charge is -2.26. The van der Waals surface area contributed by atoms with E-state index in [1.165, 1.54) is 0 Å². The largest absolute Gasteiger partial charge is 0.374 e.